The summed E-state index contributed by atoms with van der Waals surface area (Å²) >= 11 is 0. The molecule has 1 unspecified atom stereocenters. The van der Waals surface area contributed by atoms with Crippen LogP contribution in [0, 0.1) is 0 Å². The van der Waals surface area contributed by atoms with Crippen LogP contribution in [-0.4, -0.2) is 118 Å². The van der Waals surface area contributed by atoms with Crippen molar-refractivity contribution < 1.29 is 31.5 Å². The summed E-state index contributed by atoms with van der Waals surface area (Å²) in [5.74, 6) is 0.396. The number of rotatable bonds is 21. The van der Waals surface area contributed by atoms with Crippen LogP contribution in [0.4, 0.5) is 0 Å². The Labute approximate surface area is 275 Å². The summed E-state index contributed by atoms with van der Waals surface area (Å²) in [5, 5.41) is 3.41. The first kappa shape index (κ1) is 38.2. The monoisotopic (exact) mass is 700 g/mol. The van der Waals surface area contributed by atoms with Crippen LogP contribution in [0.25, 0.3) is 0 Å². The van der Waals surface area contributed by atoms with Gasteiger partial charge in [0.05, 0.1) is 0 Å². The number of imide groups is 1. The molecule has 1 N–H and O–H groups in total. The van der Waals surface area contributed by atoms with Crippen LogP contribution < -0.4 is 5.32 Å². The predicted octanol–water partition coefficient (Wildman–Crippen LogP) is 4.37. The molecule has 0 aromatic carbocycles. The van der Waals surface area contributed by atoms with E-state index in [2.05, 4.69) is 51.1 Å². The van der Waals surface area contributed by atoms with Gasteiger partial charge in [-0.15, -0.1) is 0 Å². The van der Waals surface area contributed by atoms with Gasteiger partial charge in [-0.1, -0.05) is 0 Å². The minimum absolute atomic E-state index is 0.0759. The Kier molecular flexibility index (Phi) is 14.2. The summed E-state index contributed by atoms with van der Waals surface area (Å²) < 4.78 is 21.1. The number of hydrogen-bond donors (Lipinski definition) is 1. The van der Waals surface area contributed by atoms with E-state index in [1.54, 1.807) is 0 Å². The fraction of sp³-hybridized carbons (Fsp3) is 0.867. The van der Waals surface area contributed by atoms with E-state index in [4.69, 9.17) is 12.3 Å². The van der Waals surface area contributed by atoms with Crippen LogP contribution >= 0.6 is 0 Å². The lowest BCUT2D eigenvalue weighted by atomic mass is 10.4. The van der Waals surface area contributed by atoms with Gasteiger partial charge in [0.25, 0.3) is 0 Å². The smallest absolute Gasteiger partial charge is 0.315 e. The van der Waals surface area contributed by atoms with Crippen LogP contribution in [0.15, 0.2) is 0 Å². The van der Waals surface area contributed by atoms with Crippen molar-refractivity contribution in [3.8, 4) is 0 Å². The maximum Gasteiger partial charge on any atom is 0.315 e. The van der Waals surface area contributed by atoms with Gasteiger partial charge in [0.2, 0.25) is 23.6 Å². The number of nitrogens with zero attached hydrogens (tertiary/aromatic N) is 3. The molecule has 0 saturated carbocycles. The highest BCUT2D eigenvalue weighted by Gasteiger charge is 2.45. The molecule has 3 heterocycles. The molecule has 0 bridgehead atoms. The number of carbonyl (C=O) groups is 4. The highest BCUT2D eigenvalue weighted by Crippen LogP contribution is 2.31. The van der Waals surface area contributed by atoms with Crippen molar-refractivity contribution in [3.63, 3.8) is 0 Å². The summed E-state index contributed by atoms with van der Waals surface area (Å²) in [7, 11) is -9.35. The first-order valence-electron chi connectivity index (χ1n) is 17.2. The highest BCUT2D eigenvalue weighted by atomic mass is 28.5. The number of nitrogens with one attached hydrogen (secondary N) is 1. The normalized spacial score (nSPS) is 19.8. The highest BCUT2D eigenvalue weighted by molar-refractivity contribution is 6.89. The largest absolute Gasteiger partial charge is 0.436 e. The second-order valence-corrected chi connectivity index (χ2v) is 30.9. The van der Waals surface area contributed by atoms with Gasteiger partial charge >= 0.3 is 17.1 Å². The average molecular weight is 701 g/mol. The molecule has 0 aromatic heterocycles. The van der Waals surface area contributed by atoms with E-state index < -0.39 is 33.8 Å². The standard InChI is InChI=1S/C30H60N4O7Si4/c1-42(2,24-11-21-32-19-8-13-27(32)35)39-44(5,6)41-45(7,26-10-17-31-18-23-34-29(37)15-16-30(34)38)40-43(3,4)25-12-22-33-20-9-14-28(33)36/h31H,8-26H2,1-7H3. The zero-order valence-corrected chi connectivity index (χ0v) is 33.1. The minimum atomic E-state index is -2.66. The Hall–Kier alpha value is -1.21. The van der Waals surface area contributed by atoms with E-state index in [-0.39, 0.29) is 23.6 Å². The van der Waals surface area contributed by atoms with Crippen molar-refractivity contribution in [2.75, 3.05) is 45.8 Å². The third-order valence-electron chi connectivity index (χ3n) is 8.88. The van der Waals surface area contributed by atoms with E-state index in [1.807, 2.05) is 9.80 Å². The van der Waals surface area contributed by atoms with Crippen molar-refractivity contribution in [1.29, 1.82) is 0 Å². The van der Waals surface area contributed by atoms with Gasteiger partial charge in [-0.05, 0) is 103 Å². The molecule has 1 atom stereocenters. The van der Waals surface area contributed by atoms with Crippen molar-refractivity contribution in [1.82, 2.24) is 20.0 Å². The molecule has 0 radical (unpaired) electrons. The van der Waals surface area contributed by atoms with Gasteiger partial charge in [-0.2, -0.15) is 0 Å². The van der Waals surface area contributed by atoms with Gasteiger partial charge < -0.3 is 27.5 Å². The first-order valence-corrected chi connectivity index (χ1v) is 28.8. The predicted molar refractivity (Wildman–Crippen MR) is 186 cm³/mol. The van der Waals surface area contributed by atoms with Crippen LogP contribution in [0.3, 0.4) is 0 Å². The SMILES string of the molecule is C[Si](C)(CCCN1CCCC1=O)O[Si](C)(C)O[Si](C)(CCCNCCN1C(=O)CCC1=O)O[Si](C)(C)CCCN1CCCC1=O. The second-order valence-electron chi connectivity index (χ2n) is 14.8. The third kappa shape index (κ3) is 13.1. The molecule has 3 aliphatic rings. The van der Waals surface area contributed by atoms with Crippen LogP contribution in [0.1, 0.15) is 57.8 Å². The summed E-state index contributed by atoms with van der Waals surface area (Å²) in [4.78, 5) is 53.3. The number of hydrogen-bond acceptors (Lipinski definition) is 8. The average Bonchev–Trinajstić information content (AvgIpc) is 3.60. The summed E-state index contributed by atoms with van der Waals surface area (Å²) in [6, 6.07) is 2.77. The Morgan fingerprint density at radius 3 is 1.58 bits per heavy atom. The summed E-state index contributed by atoms with van der Waals surface area (Å²) in [6.45, 7) is 20.7. The van der Waals surface area contributed by atoms with Gasteiger partial charge in [0, 0.05) is 65.0 Å². The lowest BCUT2D eigenvalue weighted by Gasteiger charge is -2.43. The minimum Gasteiger partial charge on any atom is -0.436 e. The topological polar surface area (TPSA) is 118 Å². The van der Waals surface area contributed by atoms with Crippen LogP contribution in [0.5, 0.6) is 0 Å². The fourth-order valence-corrected chi connectivity index (χ4v) is 26.7. The van der Waals surface area contributed by atoms with E-state index in [1.165, 1.54) is 4.90 Å². The lowest BCUT2D eigenvalue weighted by molar-refractivity contribution is -0.138. The summed E-state index contributed by atoms with van der Waals surface area (Å²) in [6.07, 6.45) is 6.70. The zero-order chi connectivity index (χ0) is 33.3. The number of likely N-dealkylation sites (tertiary alicyclic amines) is 3. The van der Waals surface area contributed by atoms with Gasteiger partial charge in [-0.25, -0.2) is 0 Å². The second kappa shape index (κ2) is 16.8. The Morgan fingerprint density at radius 2 is 1.09 bits per heavy atom. The molecule has 15 heteroatoms. The van der Waals surface area contributed by atoms with Gasteiger partial charge in [0.15, 0.2) is 16.6 Å². The maximum absolute atomic E-state index is 12.1. The molecule has 11 nitrogen and oxygen atoms in total. The number of amides is 4. The Balaban J connectivity index is 1.55. The van der Waals surface area contributed by atoms with Crippen LogP contribution in [-0.2, 0) is 31.5 Å². The maximum atomic E-state index is 12.1. The molecule has 3 fully saturated rings. The molecule has 3 saturated heterocycles. The van der Waals surface area contributed by atoms with Crippen molar-refractivity contribution >= 4 is 57.4 Å². The molecule has 45 heavy (non-hydrogen) atoms. The molecule has 0 aliphatic carbocycles. The quantitative estimate of drug-likeness (QED) is 0.107. The lowest BCUT2D eigenvalue weighted by Crippen LogP contribution is -2.58. The van der Waals surface area contributed by atoms with E-state index in [0.717, 1.165) is 83.0 Å². The Bertz CT molecular complexity index is 1030. The summed E-state index contributed by atoms with van der Waals surface area (Å²) in [5.41, 5.74) is 0. The zero-order valence-electron chi connectivity index (χ0n) is 29.1. The first-order chi connectivity index (χ1) is 21.0. The van der Waals surface area contributed by atoms with Crippen molar-refractivity contribution in [2.45, 2.75) is 122 Å². The van der Waals surface area contributed by atoms with E-state index in [9.17, 15) is 19.2 Å². The molecule has 258 valence electrons. The molecule has 0 aromatic rings. The van der Waals surface area contributed by atoms with E-state index >= 15 is 0 Å². The number of carbonyl (C=O) groups excluding carboxylic acids is 4. The molecular formula is C30H60N4O7Si4. The molecule has 3 rings (SSSR count). The molecule has 3 aliphatic heterocycles. The Morgan fingerprint density at radius 1 is 0.578 bits per heavy atom. The van der Waals surface area contributed by atoms with Crippen LogP contribution in [0.2, 0.25) is 64.0 Å². The molecular weight excluding hydrogens is 641 g/mol. The third-order valence-corrected chi connectivity index (χ3v) is 25.1. The van der Waals surface area contributed by atoms with Crippen molar-refractivity contribution in [3.05, 3.63) is 0 Å². The molecule has 4 amide bonds. The van der Waals surface area contributed by atoms with Gasteiger partial charge in [0.1, 0.15) is 0 Å². The molecule has 0 spiro atoms. The fourth-order valence-electron chi connectivity index (χ4n) is 7.01. The van der Waals surface area contributed by atoms with E-state index in [0.29, 0.717) is 38.8 Å². The van der Waals surface area contributed by atoms with Gasteiger partial charge in [-0.3, -0.25) is 24.1 Å². The van der Waals surface area contributed by atoms with Crippen molar-refractivity contribution in [2.24, 2.45) is 0 Å².